The van der Waals surface area contributed by atoms with E-state index in [1.165, 1.54) is 11.8 Å². The highest BCUT2D eigenvalue weighted by Gasteiger charge is 2.10. The number of halogens is 2. The Labute approximate surface area is 117 Å². The van der Waals surface area contributed by atoms with Crippen LogP contribution in [0.2, 0.25) is 5.02 Å². The van der Waals surface area contributed by atoms with Crippen molar-refractivity contribution in [2.24, 2.45) is 0 Å². The first kappa shape index (κ1) is 12.7. The van der Waals surface area contributed by atoms with E-state index in [0.717, 1.165) is 9.37 Å². The molecule has 0 unspecified atom stereocenters. The van der Waals surface area contributed by atoms with Gasteiger partial charge < -0.3 is 0 Å². The Kier molecular flexibility index (Phi) is 4.26. The second-order valence-corrected chi connectivity index (χ2v) is 5.66. The van der Waals surface area contributed by atoms with Crippen LogP contribution in [0.1, 0.15) is 10.4 Å². The fourth-order valence-electron chi connectivity index (χ4n) is 1.29. The molecule has 0 N–H and O–H groups in total. The lowest BCUT2D eigenvalue weighted by atomic mass is 10.2. The van der Waals surface area contributed by atoms with Crippen molar-refractivity contribution < 1.29 is 4.79 Å². The zero-order chi connectivity index (χ0) is 12.3. The van der Waals surface area contributed by atoms with E-state index in [1.807, 2.05) is 30.3 Å². The molecule has 4 heteroatoms. The normalized spacial score (nSPS) is 10.2. The molecule has 0 aromatic heterocycles. The summed E-state index contributed by atoms with van der Waals surface area (Å²) < 4.78 is 0.812. The van der Waals surface area contributed by atoms with Gasteiger partial charge in [0.2, 0.25) is 5.12 Å². The van der Waals surface area contributed by atoms with E-state index in [9.17, 15) is 4.79 Å². The molecule has 86 valence electrons. The lowest BCUT2D eigenvalue weighted by molar-refractivity contribution is 0.108. The van der Waals surface area contributed by atoms with Gasteiger partial charge >= 0.3 is 0 Å². The standard InChI is InChI=1S/C13H8BrClOS/c14-12-4-2-1-3-11(12)13(16)17-10-7-5-9(15)6-8-10/h1-8H. The van der Waals surface area contributed by atoms with Crippen molar-refractivity contribution in [3.8, 4) is 0 Å². The SMILES string of the molecule is O=C(Sc1ccc(Cl)cc1)c1ccccc1Br. The van der Waals surface area contributed by atoms with Gasteiger partial charge in [0, 0.05) is 20.0 Å². The molecule has 0 amide bonds. The summed E-state index contributed by atoms with van der Waals surface area (Å²) in [5.74, 6) is 0. The van der Waals surface area contributed by atoms with Crippen LogP contribution in [0.3, 0.4) is 0 Å². The maximum atomic E-state index is 12.0. The largest absolute Gasteiger partial charge is 0.281 e. The third kappa shape index (κ3) is 3.35. The van der Waals surface area contributed by atoms with Gasteiger partial charge in [-0.05, 0) is 48.2 Å². The number of rotatable bonds is 2. The molecule has 2 rings (SSSR count). The number of benzene rings is 2. The van der Waals surface area contributed by atoms with Gasteiger partial charge in [-0.1, -0.05) is 39.7 Å². The lowest BCUT2D eigenvalue weighted by Crippen LogP contribution is -1.94. The quantitative estimate of drug-likeness (QED) is 0.719. The van der Waals surface area contributed by atoms with Gasteiger partial charge in [-0.3, -0.25) is 4.79 Å². The van der Waals surface area contributed by atoms with Crippen LogP contribution in [0.15, 0.2) is 57.9 Å². The molecule has 0 aliphatic carbocycles. The molecule has 0 spiro atoms. The molecular formula is C13H8BrClOS. The van der Waals surface area contributed by atoms with Crippen molar-refractivity contribution in [3.63, 3.8) is 0 Å². The average molecular weight is 328 g/mol. The molecule has 0 aliphatic rings. The minimum atomic E-state index is 0.0137. The van der Waals surface area contributed by atoms with Crippen LogP contribution in [0, 0.1) is 0 Å². The van der Waals surface area contributed by atoms with Crippen LogP contribution in [-0.2, 0) is 0 Å². The van der Waals surface area contributed by atoms with Gasteiger partial charge in [-0.2, -0.15) is 0 Å². The van der Waals surface area contributed by atoms with Crippen molar-refractivity contribution in [2.75, 3.05) is 0 Å². The molecule has 0 saturated heterocycles. The highest BCUT2D eigenvalue weighted by Crippen LogP contribution is 2.27. The topological polar surface area (TPSA) is 17.1 Å². The molecule has 17 heavy (non-hydrogen) atoms. The van der Waals surface area contributed by atoms with Gasteiger partial charge in [-0.15, -0.1) is 0 Å². The van der Waals surface area contributed by atoms with Crippen molar-refractivity contribution in [2.45, 2.75) is 4.90 Å². The molecule has 1 nitrogen and oxygen atoms in total. The van der Waals surface area contributed by atoms with Gasteiger partial charge in [0.05, 0.1) is 0 Å². The summed E-state index contributed by atoms with van der Waals surface area (Å²) in [5.41, 5.74) is 0.674. The van der Waals surface area contributed by atoms with Gasteiger partial charge in [-0.25, -0.2) is 0 Å². The Balaban J connectivity index is 2.17. The Morgan fingerprint density at radius 3 is 2.35 bits per heavy atom. The minimum Gasteiger partial charge on any atom is -0.281 e. The first-order valence-corrected chi connectivity index (χ1v) is 6.88. The Hall–Kier alpha value is -0.770. The maximum absolute atomic E-state index is 12.0. The summed E-state index contributed by atoms with van der Waals surface area (Å²) in [6, 6.07) is 14.6. The smallest absolute Gasteiger partial charge is 0.225 e. The molecule has 0 radical (unpaired) electrons. The molecule has 0 atom stereocenters. The highest BCUT2D eigenvalue weighted by atomic mass is 79.9. The van der Waals surface area contributed by atoms with Crippen LogP contribution < -0.4 is 0 Å². The number of thioether (sulfide) groups is 1. The number of hydrogen-bond donors (Lipinski definition) is 0. The summed E-state index contributed by atoms with van der Waals surface area (Å²) in [4.78, 5) is 12.9. The van der Waals surface area contributed by atoms with Crippen LogP contribution >= 0.6 is 39.3 Å². The summed E-state index contributed by atoms with van der Waals surface area (Å²) >= 11 is 10.3. The zero-order valence-electron chi connectivity index (χ0n) is 8.69. The Morgan fingerprint density at radius 2 is 1.71 bits per heavy atom. The number of carbonyl (C=O) groups is 1. The summed E-state index contributed by atoms with van der Waals surface area (Å²) in [5, 5.41) is 0.683. The van der Waals surface area contributed by atoms with Crippen molar-refractivity contribution in [3.05, 3.63) is 63.6 Å². The molecule has 0 bridgehead atoms. The summed E-state index contributed by atoms with van der Waals surface area (Å²) in [7, 11) is 0. The fourth-order valence-corrected chi connectivity index (χ4v) is 2.79. The van der Waals surface area contributed by atoms with E-state index < -0.39 is 0 Å². The molecule has 0 aliphatic heterocycles. The van der Waals surface area contributed by atoms with Crippen LogP contribution in [0.5, 0.6) is 0 Å². The van der Waals surface area contributed by atoms with E-state index in [4.69, 9.17) is 11.6 Å². The van der Waals surface area contributed by atoms with Crippen molar-refractivity contribution in [1.29, 1.82) is 0 Å². The third-order valence-electron chi connectivity index (χ3n) is 2.12. The second-order valence-electron chi connectivity index (χ2n) is 3.32. The first-order valence-electron chi connectivity index (χ1n) is 4.89. The molecule has 0 saturated carbocycles. The lowest BCUT2D eigenvalue weighted by Gasteiger charge is -2.03. The molecule has 2 aromatic rings. The van der Waals surface area contributed by atoms with E-state index in [0.29, 0.717) is 10.6 Å². The Morgan fingerprint density at radius 1 is 1.06 bits per heavy atom. The number of carbonyl (C=O) groups excluding carboxylic acids is 1. The van der Waals surface area contributed by atoms with E-state index in [2.05, 4.69) is 15.9 Å². The summed E-state index contributed by atoms with van der Waals surface area (Å²) in [6.45, 7) is 0. The average Bonchev–Trinajstić information content (AvgIpc) is 2.32. The van der Waals surface area contributed by atoms with E-state index in [1.54, 1.807) is 18.2 Å². The van der Waals surface area contributed by atoms with Crippen LogP contribution in [0.4, 0.5) is 0 Å². The van der Waals surface area contributed by atoms with Gasteiger partial charge in [0.25, 0.3) is 0 Å². The maximum Gasteiger partial charge on any atom is 0.225 e. The van der Waals surface area contributed by atoms with E-state index in [-0.39, 0.29) is 5.12 Å². The second kappa shape index (κ2) is 5.71. The van der Waals surface area contributed by atoms with E-state index >= 15 is 0 Å². The van der Waals surface area contributed by atoms with Crippen molar-refractivity contribution >= 4 is 44.4 Å². The van der Waals surface area contributed by atoms with Crippen LogP contribution in [-0.4, -0.2) is 5.12 Å². The predicted octanol–water partition coefficient (Wildman–Crippen LogP) is 5.04. The predicted molar refractivity (Wildman–Crippen MR) is 75.8 cm³/mol. The molecule has 0 fully saturated rings. The zero-order valence-corrected chi connectivity index (χ0v) is 11.8. The van der Waals surface area contributed by atoms with Gasteiger partial charge in [0.1, 0.15) is 0 Å². The highest BCUT2D eigenvalue weighted by molar-refractivity contribution is 9.10. The van der Waals surface area contributed by atoms with Crippen LogP contribution in [0.25, 0.3) is 0 Å². The first-order chi connectivity index (χ1) is 8.16. The van der Waals surface area contributed by atoms with Crippen molar-refractivity contribution in [1.82, 2.24) is 0 Å². The molecular weight excluding hydrogens is 320 g/mol. The fraction of sp³-hybridized carbons (Fsp3) is 0. The van der Waals surface area contributed by atoms with Gasteiger partial charge in [0.15, 0.2) is 0 Å². The number of hydrogen-bond acceptors (Lipinski definition) is 2. The summed E-state index contributed by atoms with van der Waals surface area (Å²) in [6.07, 6.45) is 0. The minimum absolute atomic E-state index is 0.0137. The Bertz CT molecular complexity index is 539. The monoisotopic (exact) mass is 326 g/mol. The molecule has 0 heterocycles. The third-order valence-corrected chi connectivity index (χ3v) is 3.97. The molecule has 2 aromatic carbocycles.